The monoisotopic (exact) mass is 469 g/mol. The van der Waals surface area contributed by atoms with Crippen molar-refractivity contribution >= 4 is 27.5 Å². The van der Waals surface area contributed by atoms with Crippen molar-refractivity contribution in [2.24, 2.45) is 0 Å². The molecule has 0 saturated carbocycles. The first-order valence-corrected chi connectivity index (χ1v) is 12.7. The number of benzene rings is 2. The summed E-state index contributed by atoms with van der Waals surface area (Å²) in [5.41, 5.74) is 3.69. The van der Waals surface area contributed by atoms with E-state index < -0.39 is 16.1 Å². The first-order chi connectivity index (χ1) is 15.9. The van der Waals surface area contributed by atoms with Crippen LogP contribution in [0.3, 0.4) is 0 Å². The molecular weight excluding hydrogens is 442 g/mol. The molecule has 1 fully saturated rings. The maximum Gasteiger partial charge on any atom is 0.246 e. The van der Waals surface area contributed by atoms with E-state index in [1.807, 2.05) is 18.2 Å². The van der Waals surface area contributed by atoms with Crippen molar-refractivity contribution in [2.45, 2.75) is 37.2 Å². The van der Waals surface area contributed by atoms with Gasteiger partial charge in [0.1, 0.15) is 6.04 Å². The minimum atomic E-state index is -3.66. The van der Waals surface area contributed by atoms with Gasteiger partial charge in [-0.15, -0.1) is 0 Å². The van der Waals surface area contributed by atoms with Gasteiger partial charge in [0.15, 0.2) is 0 Å². The zero-order valence-corrected chi connectivity index (χ0v) is 19.4. The van der Waals surface area contributed by atoms with E-state index in [9.17, 15) is 18.0 Å². The van der Waals surface area contributed by atoms with Crippen LogP contribution in [-0.4, -0.2) is 68.3 Å². The van der Waals surface area contributed by atoms with Crippen LogP contribution < -0.4 is 4.90 Å². The Labute approximate surface area is 193 Å². The van der Waals surface area contributed by atoms with Gasteiger partial charge >= 0.3 is 0 Å². The Morgan fingerprint density at radius 3 is 2.42 bits per heavy atom. The topological polar surface area (TPSA) is 87.2 Å². The lowest BCUT2D eigenvalue weighted by atomic mass is 9.99. The van der Waals surface area contributed by atoms with Crippen molar-refractivity contribution in [2.75, 3.05) is 37.7 Å². The van der Waals surface area contributed by atoms with E-state index in [1.54, 1.807) is 17.0 Å². The number of fused-ring (bicyclic) bond motifs is 2. The van der Waals surface area contributed by atoms with Crippen molar-refractivity contribution in [1.29, 1.82) is 0 Å². The van der Waals surface area contributed by atoms with Crippen LogP contribution in [0.2, 0.25) is 0 Å². The van der Waals surface area contributed by atoms with E-state index in [-0.39, 0.29) is 16.7 Å². The molecule has 3 aliphatic heterocycles. The van der Waals surface area contributed by atoms with Crippen LogP contribution in [0, 0.1) is 0 Å². The van der Waals surface area contributed by atoms with Crippen LogP contribution in [0.1, 0.15) is 23.6 Å². The maximum absolute atomic E-state index is 13.5. The number of anilines is 1. The highest BCUT2D eigenvalue weighted by atomic mass is 32.2. The smallest absolute Gasteiger partial charge is 0.246 e. The SMILES string of the molecule is CC(=O)N1c2ccc(S(=O)(=O)N3CCOCC3)cc2CC1C(=O)N1CCc2ccccc2C1. The van der Waals surface area contributed by atoms with Gasteiger partial charge in [-0.2, -0.15) is 4.31 Å². The number of hydrogen-bond donors (Lipinski definition) is 0. The highest BCUT2D eigenvalue weighted by molar-refractivity contribution is 7.89. The molecule has 2 aromatic rings. The molecule has 8 nitrogen and oxygen atoms in total. The molecule has 1 unspecified atom stereocenters. The summed E-state index contributed by atoms with van der Waals surface area (Å²) in [5.74, 6) is -0.332. The summed E-state index contributed by atoms with van der Waals surface area (Å²) in [6, 6.07) is 12.2. The van der Waals surface area contributed by atoms with E-state index in [0.717, 1.165) is 12.0 Å². The minimum absolute atomic E-state index is 0.103. The van der Waals surface area contributed by atoms with Crippen molar-refractivity contribution < 1.29 is 22.7 Å². The molecule has 2 aromatic carbocycles. The lowest BCUT2D eigenvalue weighted by molar-refractivity contribution is -0.135. The number of nitrogens with zero attached hydrogens (tertiary/aromatic N) is 3. The molecule has 0 aliphatic carbocycles. The zero-order chi connectivity index (χ0) is 23.2. The predicted octanol–water partition coefficient (Wildman–Crippen LogP) is 1.57. The minimum Gasteiger partial charge on any atom is -0.379 e. The Morgan fingerprint density at radius 1 is 0.970 bits per heavy atom. The van der Waals surface area contributed by atoms with E-state index in [0.29, 0.717) is 57.1 Å². The molecule has 2 amide bonds. The number of carbonyl (C=O) groups is 2. The van der Waals surface area contributed by atoms with Gasteiger partial charge < -0.3 is 9.64 Å². The molecule has 3 heterocycles. The number of sulfonamides is 1. The van der Waals surface area contributed by atoms with E-state index in [4.69, 9.17) is 4.74 Å². The zero-order valence-electron chi connectivity index (χ0n) is 18.6. The van der Waals surface area contributed by atoms with E-state index >= 15 is 0 Å². The maximum atomic E-state index is 13.5. The van der Waals surface area contributed by atoms with Crippen LogP contribution in [0.4, 0.5) is 5.69 Å². The molecule has 3 aliphatic rings. The molecule has 0 radical (unpaired) electrons. The van der Waals surface area contributed by atoms with E-state index in [1.165, 1.54) is 27.8 Å². The lowest BCUT2D eigenvalue weighted by Crippen LogP contribution is -2.50. The van der Waals surface area contributed by atoms with Crippen LogP contribution >= 0.6 is 0 Å². The van der Waals surface area contributed by atoms with Gasteiger partial charge in [0.25, 0.3) is 0 Å². The van der Waals surface area contributed by atoms with Crippen molar-refractivity contribution in [3.8, 4) is 0 Å². The number of ether oxygens (including phenoxy) is 1. The van der Waals surface area contributed by atoms with Gasteiger partial charge in [0.2, 0.25) is 21.8 Å². The quantitative estimate of drug-likeness (QED) is 0.681. The molecule has 0 bridgehead atoms. The average Bonchev–Trinajstić information content (AvgIpc) is 3.23. The fourth-order valence-electron chi connectivity index (χ4n) is 5.01. The van der Waals surface area contributed by atoms with Gasteiger partial charge in [-0.05, 0) is 41.3 Å². The Morgan fingerprint density at radius 2 is 1.70 bits per heavy atom. The number of carbonyl (C=O) groups excluding carboxylic acids is 2. The second-order valence-corrected chi connectivity index (χ2v) is 10.6. The van der Waals surface area contributed by atoms with Gasteiger partial charge in [0, 0.05) is 45.2 Å². The van der Waals surface area contributed by atoms with Crippen molar-refractivity contribution in [1.82, 2.24) is 9.21 Å². The Hall–Kier alpha value is -2.75. The third kappa shape index (κ3) is 3.94. The van der Waals surface area contributed by atoms with Crippen LogP contribution in [-0.2, 0) is 43.7 Å². The van der Waals surface area contributed by atoms with Gasteiger partial charge in [-0.1, -0.05) is 24.3 Å². The standard InChI is InChI=1S/C24H27N3O5S/c1-17(28)27-22-7-6-21(33(30,31)26-10-12-32-13-11-26)14-20(22)15-23(27)24(29)25-9-8-18-4-2-3-5-19(18)16-25/h2-7,14,23H,8-13,15-16H2,1H3. The normalized spacial score (nSPS) is 20.9. The molecule has 5 rings (SSSR count). The van der Waals surface area contributed by atoms with E-state index in [2.05, 4.69) is 6.07 Å². The van der Waals surface area contributed by atoms with Crippen molar-refractivity contribution in [3.63, 3.8) is 0 Å². The molecule has 174 valence electrons. The van der Waals surface area contributed by atoms with Gasteiger partial charge in [-0.25, -0.2) is 8.42 Å². The van der Waals surface area contributed by atoms with Crippen LogP contribution in [0.25, 0.3) is 0 Å². The fourth-order valence-corrected chi connectivity index (χ4v) is 6.46. The largest absolute Gasteiger partial charge is 0.379 e. The average molecular weight is 470 g/mol. The Balaban J connectivity index is 1.41. The van der Waals surface area contributed by atoms with Crippen molar-refractivity contribution in [3.05, 3.63) is 59.2 Å². The van der Waals surface area contributed by atoms with Crippen LogP contribution in [0.15, 0.2) is 47.4 Å². The lowest BCUT2D eigenvalue weighted by Gasteiger charge is -2.33. The summed E-state index contributed by atoms with van der Waals surface area (Å²) in [4.78, 5) is 29.6. The third-order valence-electron chi connectivity index (χ3n) is 6.71. The molecule has 0 spiro atoms. The second-order valence-electron chi connectivity index (χ2n) is 8.69. The number of morpholine rings is 1. The second kappa shape index (κ2) is 8.55. The number of hydrogen-bond acceptors (Lipinski definition) is 5. The molecule has 1 saturated heterocycles. The fraction of sp³-hybridized carbons (Fsp3) is 0.417. The number of amides is 2. The Kier molecular flexibility index (Phi) is 5.72. The molecule has 0 N–H and O–H groups in total. The van der Waals surface area contributed by atoms with Gasteiger partial charge in [-0.3, -0.25) is 14.5 Å². The first-order valence-electron chi connectivity index (χ1n) is 11.2. The summed E-state index contributed by atoms with van der Waals surface area (Å²) in [6.07, 6.45) is 1.09. The molecule has 9 heteroatoms. The Bertz CT molecular complexity index is 1210. The molecule has 1 atom stereocenters. The van der Waals surface area contributed by atoms with Gasteiger partial charge in [0.05, 0.1) is 18.1 Å². The number of rotatable bonds is 3. The molecule has 0 aromatic heterocycles. The molecular formula is C24H27N3O5S. The predicted molar refractivity (Wildman–Crippen MR) is 122 cm³/mol. The molecule has 33 heavy (non-hydrogen) atoms. The summed E-state index contributed by atoms with van der Waals surface area (Å²) in [5, 5.41) is 0. The third-order valence-corrected chi connectivity index (χ3v) is 8.60. The summed E-state index contributed by atoms with van der Waals surface area (Å²) < 4.78 is 32.9. The van der Waals surface area contributed by atoms with Crippen LogP contribution in [0.5, 0.6) is 0 Å². The summed E-state index contributed by atoms with van der Waals surface area (Å²) in [6.45, 7) is 3.94. The highest BCUT2D eigenvalue weighted by Gasteiger charge is 2.40. The first kappa shape index (κ1) is 22.1. The highest BCUT2D eigenvalue weighted by Crippen LogP contribution is 2.36. The summed E-state index contributed by atoms with van der Waals surface area (Å²) >= 11 is 0. The summed E-state index contributed by atoms with van der Waals surface area (Å²) in [7, 11) is -3.66.